The van der Waals surface area contributed by atoms with E-state index in [9.17, 15) is 14.4 Å². The molecule has 18 heavy (non-hydrogen) atoms. The predicted octanol–water partition coefficient (Wildman–Crippen LogP) is -0.00610. The second-order valence-corrected chi connectivity index (χ2v) is 3.77. The number of fused-ring (bicyclic) bond motifs is 1. The number of nitrogens with zero attached hydrogens (tertiary/aromatic N) is 1. The van der Waals surface area contributed by atoms with Gasteiger partial charge in [-0.1, -0.05) is 0 Å². The first-order chi connectivity index (χ1) is 8.41. The molecule has 1 unspecified atom stereocenters. The van der Waals surface area contributed by atoms with Crippen LogP contribution in [-0.4, -0.2) is 29.0 Å². The van der Waals surface area contributed by atoms with Gasteiger partial charge in [-0.25, -0.2) is 9.69 Å². The zero-order chi connectivity index (χ0) is 13.4. The molecule has 0 aliphatic carbocycles. The van der Waals surface area contributed by atoms with E-state index in [4.69, 9.17) is 15.6 Å². The molecule has 1 aliphatic rings. The standard InChI is InChI=1S/C11H10N2O5/c1-5-9(14)13(10(15)11(16)17)7-4-6(12)2-3-8(7)18-5/h2-5H,12H2,1H3,(H,16,17). The van der Waals surface area contributed by atoms with Crippen LogP contribution in [0, 0.1) is 0 Å². The molecule has 1 heterocycles. The number of amides is 2. The number of nitrogens with two attached hydrogens (primary N) is 1. The zero-order valence-corrected chi connectivity index (χ0v) is 9.41. The summed E-state index contributed by atoms with van der Waals surface area (Å²) in [6, 6.07) is 4.33. The van der Waals surface area contributed by atoms with E-state index in [-0.39, 0.29) is 11.4 Å². The molecular formula is C11H10N2O5. The summed E-state index contributed by atoms with van der Waals surface area (Å²) in [6.45, 7) is 1.43. The second kappa shape index (κ2) is 4.02. The first-order valence-corrected chi connectivity index (χ1v) is 5.09. The summed E-state index contributed by atoms with van der Waals surface area (Å²) in [6.07, 6.45) is -0.926. The number of carboxylic acid groups (broad SMARTS) is 1. The summed E-state index contributed by atoms with van der Waals surface area (Å²) in [5.74, 6) is -3.54. The molecule has 0 spiro atoms. The van der Waals surface area contributed by atoms with Gasteiger partial charge in [0.2, 0.25) is 0 Å². The summed E-state index contributed by atoms with van der Waals surface area (Å²) in [7, 11) is 0. The molecular weight excluding hydrogens is 240 g/mol. The Morgan fingerprint density at radius 3 is 2.72 bits per heavy atom. The Kier molecular flexibility index (Phi) is 2.66. The highest BCUT2D eigenvalue weighted by Gasteiger charge is 2.38. The fraction of sp³-hybridized carbons (Fsp3) is 0.182. The van der Waals surface area contributed by atoms with Gasteiger partial charge < -0.3 is 15.6 Å². The average Bonchev–Trinajstić information content (AvgIpc) is 2.31. The summed E-state index contributed by atoms with van der Waals surface area (Å²) >= 11 is 0. The number of rotatable bonds is 0. The van der Waals surface area contributed by atoms with Crippen molar-refractivity contribution in [2.75, 3.05) is 10.6 Å². The highest BCUT2D eigenvalue weighted by molar-refractivity contribution is 6.43. The van der Waals surface area contributed by atoms with Crippen molar-refractivity contribution >= 4 is 29.2 Å². The van der Waals surface area contributed by atoms with Gasteiger partial charge in [0.05, 0.1) is 5.69 Å². The van der Waals surface area contributed by atoms with Crippen molar-refractivity contribution in [3.05, 3.63) is 18.2 Å². The minimum Gasteiger partial charge on any atom is -0.479 e. The van der Waals surface area contributed by atoms with Crippen molar-refractivity contribution in [3.8, 4) is 5.75 Å². The van der Waals surface area contributed by atoms with Crippen LogP contribution >= 0.6 is 0 Å². The third kappa shape index (κ3) is 1.75. The van der Waals surface area contributed by atoms with E-state index in [0.29, 0.717) is 10.6 Å². The lowest BCUT2D eigenvalue weighted by atomic mass is 10.1. The first kappa shape index (κ1) is 11.9. The Morgan fingerprint density at radius 1 is 1.44 bits per heavy atom. The molecule has 3 N–H and O–H groups in total. The third-order valence-electron chi connectivity index (χ3n) is 2.48. The van der Waals surface area contributed by atoms with Crippen molar-refractivity contribution in [3.63, 3.8) is 0 Å². The van der Waals surface area contributed by atoms with E-state index in [1.165, 1.54) is 25.1 Å². The Labute approximate surface area is 102 Å². The third-order valence-corrected chi connectivity index (χ3v) is 2.48. The maximum atomic E-state index is 11.8. The smallest absolute Gasteiger partial charge is 0.395 e. The van der Waals surface area contributed by atoms with Crippen LogP contribution in [-0.2, 0) is 14.4 Å². The van der Waals surface area contributed by atoms with Gasteiger partial charge in [0.1, 0.15) is 5.75 Å². The quantitative estimate of drug-likeness (QED) is 0.495. The monoisotopic (exact) mass is 250 g/mol. The molecule has 0 saturated heterocycles. The lowest BCUT2D eigenvalue weighted by molar-refractivity contribution is -0.150. The van der Waals surface area contributed by atoms with Gasteiger partial charge in [0, 0.05) is 5.69 Å². The van der Waals surface area contributed by atoms with Gasteiger partial charge in [-0.3, -0.25) is 9.59 Å². The van der Waals surface area contributed by atoms with Crippen molar-refractivity contribution in [1.82, 2.24) is 0 Å². The van der Waals surface area contributed by atoms with E-state index in [0.717, 1.165) is 0 Å². The average molecular weight is 250 g/mol. The molecule has 0 saturated carbocycles. The van der Waals surface area contributed by atoms with Crippen LogP contribution in [0.4, 0.5) is 11.4 Å². The molecule has 1 atom stereocenters. The fourth-order valence-electron chi connectivity index (χ4n) is 1.66. The van der Waals surface area contributed by atoms with E-state index in [2.05, 4.69) is 0 Å². The summed E-state index contributed by atoms with van der Waals surface area (Å²) < 4.78 is 5.27. The number of anilines is 2. The Balaban J connectivity index is 2.57. The summed E-state index contributed by atoms with van der Waals surface area (Å²) in [5.41, 5.74) is 5.89. The lowest BCUT2D eigenvalue weighted by Crippen LogP contribution is -2.50. The maximum absolute atomic E-state index is 11.8. The number of hydrogen-bond donors (Lipinski definition) is 2. The topological polar surface area (TPSA) is 110 Å². The molecule has 1 aliphatic heterocycles. The van der Waals surface area contributed by atoms with Crippen LogP contribution in [0.15, 0.2) is 18.2 Å². The normalized spacial score (nSPS) is 17.9. The van der Waals surface area contributed by atoms with Crippen LogP contribution in [0.25, 0.3) is 0 Å². The minimum atomic E-state index is -1.72. The summed E-state index contributed by atoms with van der Waals surface area (Å²) in [4.78, 5) is 34.7. The number of aliphatic carboxylic acids is 1. The number of benzene rings is 1. The summed E-state index contributed by atoms with van der Waals surface area (Å²) in [5, 5.41) is 8.72. The Bertz CT molecular complexity index is 554. The highest BCUT2D eigenvalue weighted by Crippen LogP contribution is 2.35. The van der Waals surface area contributed by atoms with Crippen LogP contribution in [0.1, 0.15) is 6.92 Å². The fourth-order valence-corrected chi connectivity index (χ4v) is 1.66. The molecule has 2 amide bonds. The van der Waals surface area contributed by atoms with Crippen LogP contribution in [0.3, 0.4) is 0 Å². The molecule has 2 rings (SSSR count). The highest BCUT2D eigenvalue weighted by atomic mass is 16.5. The van der Waals surface area contributed by atoms with Gasteiger partial charge >= 0.3 is 11.9 Å². The number of carbonyl (C=O) groups is 3. The molecule has 0 radical (unpaired) electrons. The minimum absolute atomic E-state index is 0.0468. The molecule has 7 nitrogen and oxygen atoms in total. The van der Waals surface area contributed by atoms with Gasteiger partial charge in [-0.2, -0.15) is 0 Å². The number of carbonyl (C=O) groups excluding carboxylic acids is 2. The lowest BCUT2D eigenvalue weighted by Gasteiger charge is -2.30. The molecule has 0 fully saturated rings. The SMILES string of the molecule is CC1Oc2ccc(N)cc2N(C(=O)C(=O)O)C1=O. The predicted molar refractivity (Wildman–Crippen MR) is 61.1 cm³/mol. The zero-order valence-electron chi connectivity index (χ0n) is 9.41. The van der Waals surface area contributed by atoms with Gasteiger partial charge in [-0.05, 0) is 25.1 Å². The van der Waals surface area contributed by atoms with Crippen LogP contribution in [0.2, 0.25) is 0 Å². The molecule has 94 valence electrons. The molecule has 7 heteroatoms. The number of nitrogen functional groups attached to an aromatic ring is 1. The molecule has 1 aromatic carbocycles. The van der Waals surface area contributed by atoms with Gasteiger partial charge in [0.15, 0.2) is 6.10 Å². The van der Waals surface area contributed by atoms with Crippen LogP contribution in [0.5, 0.6) is 5.75 Å². The largest absolute Gasteiger partial charge is 0.479 e. The van der Waals surface area contributed by atoms with E-state index in [1.54, 1.807) is 0 Å². The van der Waals surface area contributed by atoms with Crippen LogP contribution < -0.4 is 15.4 Å². The Hall–Kier alpha value is -2.57. The van der Waals surface area contributed by atoms with Crippen molar-refractivity contribution in [1.29, 1.82) is 0 Å². The molecule has 1 aromatic rings. The van der Waals surface area contributed by atoms with Crippen molar-refractivity contribution in [2.45, 2.75) is 13.0 Å². The van der Waals surface area contributed by atoms with Gasteiger partial charge in [0.25, 0.3) is 5.91 Å². The van der Waals surface area contributed by atoms with E-state index >= 15 is 0 Å². The maximum Gasteiger partial charge on any atom is 0.395 e. The van der Waals surface area contributed by atoms with Gasteiger partial charge in [-0.15, -0.1) is 0 Å². The number of ether oxygens (including phenoxy) is 1. The number of carboxylic acids is 1. The number of imide groups is 1. The van der Waals surface area contributed by atoms with E-state index < -0.39 is 23.9 Å². The Morgan fingerprint density at radius 2 is 2.11 bits per heavy atom. The number of hydrogen-bond acceptors (Lipinski definition) is 5. The molecule has 0 aromatic heterocycles. The first-order valence-electron chi connectivity index (χ1n) is 5.09. The van der Waals surface area contributed by atoms with E-state index in [1.807, 2.05) is 0 Å². The second-order valence-electron chi connectivity index (χ2n) is 3.77. The van der Waals surface area contributed by atoms with Crippen molar-refractivity contribution < 1.29 is 24.2 Å². The van der Waals surface area contributed by atoms with Crippen molar-refractivity contribution in [2.24, 2.45) is 0 Å². The molecule has 0 bridgehead atoms.